The van der Waals surface area contributed by atoms with Crippen molar-refractivity contribution in [2.45, 2.75) is 17.8 Å². The predicted octanol–water partition coefficient (Wildman–Crippen LogP) is 3.75. The molecule has 0 atom stereocenters. The van der Waals surface area contributed by atoms with Crippen LogP contribution in [-0.4, -0.2) is 27.0 Å². The van der Waals surface area contributed by atoms with Gasteiger partial charge in [-0.1, -0.05) is 45.9 Å². The number of aryl methyl sites for hydroxylation is 1. The Morgan fingerprint density at radius 1 is 1.21 bits per heavy atom. The molecule has 1 aliphatic heterocycles. The van der Waals surface area contributed by atoms with Gasteiger partial charge in [0.15, 0.2) is 11.5 Å². The molecule has 24 heavy (non-hydrogen) atoms. The number of hydrogen-bond donors (Lipinski definition) is 0. The molecular weight excluding hydrogens is 392 g/mol. The SMILES string of the molecule is Cc1ccccc1-n1nnnc1SCc1cc2c(cc1Br)OCO2. The fraction of sp³-hybridized carbons (Fsp3) is 0.188. The molecule has 0 amide bonds. The molecule has 0 radical (unpaired) electrons. The summed E-state index contributed by atoms with van der Waals surface area (Å²) in [6.45, 7) is 2.31. The van der Waals surface area contributed by atoms with Crippen molar-refractivity contribution >= 4 is 27.7 Å². The lowest BCUT2D eigenvalue weighted by Crippen LogP contribution is -2.01. The number of para-hydroxylation sites is 1. The van der Waals surface area contributed by atoms with Gasteiger partial charge in [0, 0.05) is 10.2 Å². The average molecular weight is 405 g/mol. The minimum absolute atomic E-state index is 0.268. The van der Waals surface area contributed by atoms with E-state index in [2.05, 4.69) is 31.5 Å². The Morgan fingerprint density at radius 2 is 2.00 bits per heavy atom. The molecule has 0 saturated heterocycles. The van der Waals surface area contributed by atoms with Crippen molar-refractivity contribution in [2.75, 3.05) is 6.79 Å². The number of thioether (sulfide) groups is 1. The fourth-order valence-corrected chi connectivity index (χ4v) is 3.96. The summed E-state index contributed by atoms with van der Waals surface area (Å²) in [5.74, 6) is 2.25. The largest absolute Gasteiger partial charge is 0.454 e. The van der Waals surface area contributed by atoms with Gasteiger partial charge in [-0.05, 0) is 46.7 Å². The summed E-state index contributed by atoms with van der Waals surface area (Å²) in [6, 6.07) is 11.9. The van der Waals surface area contributed by atoms with E-state index in [4.69, 9.17) is 9.47 Å². The fourth-order valence-electron chi connectivity index (χ4n) is 2.43. The highest BCUT2D eigenvalue weighted by atomic mass is 79.9. The van der Waals surface area contributed by atoms with Crippen LogP contribution in [0.1, 0.15) is 11.1 Å². The van der Waals surface area contributed by atoms with E-state index in [-0.39, 0.29) is 6.79 Å². The molecule has 0 bridgehead atoms. The summed E-state index contributed by atoms with van der Waals surface area (Å²) in [7, 11) is 0. The second-order valence-electron chi connectivity index (χ2n) is 5.25. The van der Waals surface area contributed by atoms with Crippen LogP contribution in [0.25, 0.3) is 5.69 Å². The zero-order valence-corrected chi connectivity index (χ0v) is 15.2. The molecule has 0 N–H and O–H groups in total. The molecule has 6 nitrogen and oxygen atoms in total. The van der Waals surface area contributed by atoms with E-state index in [0.717, 1.165) is 37.9 Å². The van der Waals surface area contributed by atoms with Crippen molar-refractivity contribution in [3.8, 4) is 17.2 Å². The number of benzene rings is 2. The summed E-state index contributed by atoms with van der Waals surface area (Å²) >= 11 is 5.15. The van der Waals surface area contributed by atoms with Crippen LogP contribution in [0.5, 0.6) is 11.5 Å². The molecule has 0 aliphatic carbocycles. The Hall–Kier alpha value is -2.06. The van der Waals surface area contributed by atoms with Crippen molar-refractivity contribution < 1.29 is 9.47 Å². The first kappa shape index (κ1) is 15.5. The molecule has 2 heterocycles. The van der Waals surface area contributed by atoms with Crippen molar-refractivity contribution in [3.63, 3.8) is 0 Å². The standard InChI is InChI=1S/C16H13BrN4O2S/c1-10-4-2-3-5-13(10)21-16(18-19-20-21)24-8-11-6-14-15(7-12(11)17)23-9-22-14/h2-7H,8-9H2,1H3. The second kappa shape index (κ2) is 6.45. The third kappa shape index (κ3) is 2.87. The molecule has 0 fully saturated rings. The van der Waals surface area contributed by atoms with E-state index in [1.165, 1.54) is 0 Å². The average Bonchev–Trinajstić information content (AvgIpc) is 3.21. The summed E-state index contributed by atoms with van der Waals surface area (Å²) in [5.41, 5.74) is 3.20. The zero-order valence-electron chi connectivity index (χ0n) is 12.8. The van der Waals surface area contributed by atoms with E-state index in [1.807, 2.05) is 43.3 Å². The first-order chi connectivity index (χ1) is 11.7. The topological polar surface area (TPSA) is 62.1 Å². The van der Waals surface area contributed by atoms with E-state index in [1.54, 1.807) is 16.4 Å². The van der Waals surface area contributed by atoms with Gasteiger partial charge < -0.3 is 9.47 Å². The molecule has 122 valence electrons. The maximum absolute atomic E-state index is 5.44. The van der Waals surface area contributed by atoms with Crippen LogP contribution in [0.4, 0.5) is 0 Å². The molecule has 8 heteroatoms. The second-order valence-corrected chi connectivity index (χ2v) is 7.04. The van der Waals surface area contributed by atoms with Gasteiger partial charge in [-0.2, -0.15) is 4.68 Å². The summed E-state index contributed by atoms with van der Waals surface area (Å²) in [6.07, 6.45) is 0. The van der Waals surface area contributed by atoms with Gasteiger partial charge in [0.1, 0.15) is 0 Å². The zero-order chi connectivity index (χ0) is 16.5. The van der Waals surface area contributed by atoms with E-state index < -0.39 is 0 Å². The Morgan fingerprint density at radius 3 is 2.83 bits per heavy atom. The van der Waals surface area contributed by atoms with Crippen LogP contribution in [-0.2, 0) is 5.75 Å². The highest BCUT2D eigenvalue weighted by Gasteiger charge is 2.17. The van der Waals surface area contributed by atoms with Crippen molar-refractivity contribution in [1.29, 1.82) is 0 Å². The van der Waals surface area contributed by atoms with Gasteiger partial charge in [0.2, 0.25) is 11.9 Å². The molecule has 0 saturated carbocycles. The Balaban J connectivity index is 1.58. The minimum atomic E-state index is 0.268. The molecular formula is C16H13BrN4O2S. The van der Waals surface area contributed by atoms with Gasteiger partial charge in [-0.25, -0.2) is 0 Å². The number of ether oxygens (including phenoxy) is 2. The number of fused-ring (bicyclic) bond motifs is 1. The van der Waals surface area contributed by atoms with Crippen molar-refractivity contribution in [1.82, 2.24) is 20.2 Å². The number of tetrazole rings is 1. The Bertz CT molecular complexity index is 900. The normalized spacial score (nSPS) is 12.6. The smallest absolute Gasteiger partial charge is 0.231 e. The molecule has 0 unspecified atom stereocenters. The maximum atomic E-state index is 5.44. The minimum Gasteiger partial charge on any atom is -0.454 e. The van der Waals surface area contributed by atoms with Crippen molar-refractivity contribution in [3.05, 3.63) is 52.0 Å². The van der Waals surface area contributed by atoms with Crippen LogP contribution in [0, 0.1) is 6.92 Å². The lowest BCUT2D eigenvalue weighted by atomic mass is 10.2. The first-order valence-electron chi connectivity index (χ1n) is 7.27. The Labute approximate surface area is 151 Å². The number of halogens is 1. The quantitative estimate of drug-likeness (QED) is 0.616. The van der Waals surface area contributed by atoms with Gasteiger partial charge in [0.25, 0.3) is 0 Å². The Kier molecular flexibility index (Phi) is 4.15. The highest BCUT2D eigenvalue weighted by Crippen LogP contribution is 2.38. The van der Waals surface area contributed by atoms with Gasteiger partial charge >= 0.3 is 0 Å². The van der Waals surface area contributed by atoms with Crippen molar-refractivity contribution in [2.24, 2.45) is 0 Å². The van der Waals surface area contributed by atoms with Crippen LogP contribution < -0.4 is 9.47 Å². The molecule has 1 aromatic heterocycles. The summed E-state index contributed by atoms with van der Waals surface area (Å²) in [4.78, 5) is 0. The van der Waals surface area contributed by atoms with Gasteiger partial charge in [-0.3, -0.25) is 0 Å². The number of rotatable bonds is 4. The van der Waals surface area contributed by atoms with Crippen LogP contribution in [0.3, 0.4) is 0 Å². The van der Waals surface area contributed by atoms with Crippen LogP contribution in [0.15, 0.2) is 46.0 Å². The lowest BCUT2D eigenvalue weighted by molar-refractivity contribution is 0.174. The summed E-state index contributed by atoms with van der Waals surface area (Å²) < 4.78 is 13.6. The van der Waals surface area contributed by atoms with E-state index in [0.29, 0.717) is 5.75 Å². The number of hydrogen-bond acceptors (Lipinski definition) is 6. The third-order valence-corrected chi connectivity index (χ3v) is 5.39. The lowest BCUT2D eigenvalue weighted by Gasteiger charge is -2.08. The molecule has 3 aromatic rings. The predicted molar refractivity (Wildman–Crippen MR) is 93.7 cm³/mol. The maximum Gasteiger partial charge on any atom is 0.231 e. The van der Waals surface area contributed by atoms with Gasteiger partial charge in [-0.15, -0.1) is 5.10 Å². The third-order valence-electron chi connectivity index (χ3n) is 3.68. The molecule has 4 rings (SSSR count). The summed E-state index contributed by atoms with van der Waals surface area (Å²) in [5, 5.41) is 12.8. The van der Waals surface area contributed by atoms with Gasteiger partial charge in [0.05, 0.1) is 5.69 Å². The monoisotopic (exact) mass is 404 g/mol. The first-order valence-corrected chi connectivity index (χ1v) is 9.05. The van der Waals surface area contributed by atoms with Crippen LogP contribution in [0.2, 0.25) is 0 Å². The van der Waals surface area contributed by atoms with E-state index >= 15 is 0 Å². The molecule has 0 spiro atoms. The molecule has 1 aliphatic rings. The van der Waals surface area contributed by atoms with Crippen LogP contribution >= 0.6 is 27.7 Å². The number of nitrogens with zero attached hydrogens (tertiary/aromatic N) is 4. The van der Waals surface area contributed by atoms with E-state index in [9.17, 15) is 0 Å². The molecule has 2 aromatic carbocycles. The number of aromatic nitrogens is 4. The highest BCUT2D eigenvalue weighted by molar-refractivity contribution is 9.10.